The summed E-state index contributed by atoms with van der Waals surface area (Å²) in [6, 6.07) is 11.2. The molecule has 0 fully saturated rings. The molecule has 2 rings (SSSR count). The number of amides is 1. The maximum Gasteiger partial charge on any atom is 0.251 e. The third-order valence-electron chi connectivity index (χ3n) is 2.69. The maximum absolute atomic E-state index is 11.7. The van der Waals surface area contributed by atoms with Crippen LogP contribution in [-0.4, -0.2) is 22.2 Å². The average Bonchev–Trinajstić information content (AvgIpc) is 2.92. The summed E-state index contributed by atoms with van der Waals surface area (Å²) in [6.45, 7) is 1.60. The van der Waals surface area contributed by atoms with Crippen molar-refractivity contribution in [3.8, 4) is 0 Å². The Bertz CT molecular complexity index is 465. The number of hydrogen-bond acceptors (Lipinski definition) is 2. The summed E-state index contributed by atoms with van der Waals surface area (Å²) in [5.74, 6) is -0.00492. The van der Waals surface area contributed by atoms with Crippen molar-refractivity contribution in [2.45, 2.75) is 19.4 Å². The van der Waals surface area contributed by atoms with Gasteiger partial charge in [0, 0.05) is 31.0 Å². The monoisotopic (exact) mass is 243 g/mol. The van der Waals surface area contributed by atoms with Crippen LogP contribution in [0.2, 0.25) is 0 Å². The van der Waals surface area contributed by atoms with Crippen LogP contribution in [0.4, 0.5) is 0 Å². The number of unbranched alkanes of at least 4 members (excludes halogenated alkanes) is 1. The number of aryl methyl sites for hydroxylation is 1. The SMILES string of the molecule is O=C(NCCCCn1cccn1)c1ccccc1. The van der Waals surface area contributed by atoms with Gasteiger partial charge in [-0.05, 0) is 31.0 Å². The molecular formula is C14H17N3O. The van der Waals surface area contributed by atoms with E-state index < -0.39 is 0 Å². The fraction of sp³-hybridized carbons (Fsp3) is 0.286. The van der Waals surface area contributed by atoms with E-state index in [4.69, 9.17) is 0 Å². The van der Waals surface area contributed by atoms with Gasteiger partial charge in [0.15, 0.2) is 0 Å². The van der Waals surface area contributed by atoms with Crippen LogP contribution < -0.4 is 5.32 Å². The van der Waals surface area contributed by atoms with Crippen LogP contribution >= 0.6 is 0 Å². The Kier molecular flexibility index (Phi) is 4.53. The Morgan fingerprint density at radius 1 is 1.17 bits per heavy atom. The van der Waals surface area contributed by atoms with Crippen molar-refractivity contribution in [1.29, 1.82) is 0 Å². The molecule has 0 spiro atoms. The molecule has 18 heavy (non-hydrogen) atoms. The second-order valence-electron chi connectivity index (χ2n) is 4.10. The third-order valence-corrected chi connectivity index (χ3v) is 2.69. The molecule has 4 nitrogen and oxygen atoms in total. The van der Waals surface area contributed by atoms with Gasteiger partial charge in [0.2, 0.25) is 0 Å². The molecule has 0 bridgehead atoms. The van der Waals surface area contributed by atoms with Crippen molar-refractivity contribution in [1.82, 2.24) is 15.1 Å². The summed E-state index contributed by atoms with van der Waals surface area (Å²) in [5.41, 5.74) is 0.713. The summed E-state index contributed by atoms with van der Waals surface area (Å²) < 4.78 is 1.90. The Balaban J connectivity index is 1.62. The first-order valence-corrected chi connectivity index (χ1v) is 6.17. The predicted molar refractivity (Wildman–Crippen MR) is 70.2 cm³/mol. The van der Waals surface area contributed by atoms with E-state index in [1.807, 2.05) is 47.3 Å². The first kappa shape index (κ1) is 12.4. The molecule has 1 aromatic carbocycles. The molecule has 0 radical (unpaired) electrons. The number of nitrogens with one attached hydrogen (secondary N) is 1. The van der Waals surface area contributed by atoms with E-state index in [2.05, 4.69) is 10.4 Å². The Morgan fingerprint density at radius 3 is 2.72 bits per heavy atom. The van der Waals surface area contributed by atoms with E-state index in [1.165, 1.54) is 0 Å². The lowest BCUT2D eigenvalue weighted by Gasteiger charge is -2.05. The quantitative estimate of drug-likeness (QED) is 0.790. The topological polar surface area (TPSA) is 46.9 Å². The standard InChI is InChI=1S/C14H17N3O/c18-14(13-7-2-1-3-8-13)15-9-4-5-11-17-12-6-10-16-17/h1-3,6-8,10,12H,4-5,9,11H2,(H,15,18). The predicted octanol–water partition coefficient (Wildman–Crippen LogP) is 2.09. The second-order valence-corrected chi connectivity index (χ2v) is 4.10. The zero-order valence-corrected chi connectivity index (χ0v) is 10.2. The van der Waals surface area contributed by atoms with Crippen molar-refractivity contribution in [3.05, 3.63) is 54.4 Å². The van der Waals surface area contributed by atoms with Gasteiger partial charge < -0.3 is 5.32 Å². The van der Waals surface area contributed by atoms with E-state index in [1.54, 1.807) is 6.20 Å². The number of carbonyl (C=O) groups excluding carboxylic acids is 1. The zero-order valence-electron chi connectivity index (χ0n) is 10.2. The molecule has 0 aliphatic heterocycles. The van der Waals surface area contributed by atoms with Gasteiger partial charge in [-0.25, -0.2) is 0 Å². The van der Waals surface area contributed by atoms with Gasteiger partial charge in [0.05, 0.1) is 0 Å². The summed E-state index contributed by atoms with van der Waals surface area (Å²) in [5, 5.41) is 7.04. The lowest BCUT2D eigenvalue weighted by atomic mass is 10.2. The number of carbonyl (C=O) groups is 1. The van der Waals surface area contributed by atoms with Crippen LogP contribution in [0, 0.1) is 0 Å². The normalized spacial score (nSPS) is 10.2. The number of hydrogen-bond donors (Lipinski definition) is 1. The molecule has 0 atom stereocenters. The van der Waals surface area contributed by atoms with Gasteiger partial charge in [0.25, 0.3) is 5.91 Å². The Morgan fingerprint density at radius 2 is 2.00 bits per heavy atom. The van der Waals surface area contributed by atoms with Crippen LogP contribution in [0.15, 0.2) is 48.8 Å². The maximum atomic E-state index is 11.7. The van der Waals surface area contributed by atoms with Crippen molar-refractivity contribution in [2.75, 3.05) is 6.54 Å². The van der Waals surface area contributed by atoms with Crippen LogP contribution in [0.5, 0.6) is 0 Å². The smallest absolute Gasteiger partial charge is 0.251 e. The first-order valence-electron chi connectivity index (χ1n) is 6.17. The fourth-order valence-corrected chi connectivity index (χ4v) is 1.73. The summed E-state index contributed by atoms with van der Waals surface area (Å²) in [7, 11) is 0. The molecule has 1 heterocycles. The van der Waals surface area contributed by atoms with Gasteiger partial charge in [-0.1, -0.05) is 18.2 Å². The van der Waals surface area contributed by atoms with Crippen LogP contribution in [0.3, 0.4) is 0 Å². The summed E-state index contributed by atoms with van der Waals surface area (Å²) in [6.07, 6.45) is 5.69. The highest BCUT2D eigenvalue weighted by Crippen LogP contribution is 1.98. The van der Waals surface area contributed by atoms with Crippen LogP contribution in [0.1, 0.15) is 23.2 Å². The average molecular weight is 243 g/mol. The zero-order chi connectivity index (χ0) is 12.6. The van der Waals surface area contributed by atoms with E-state index in [0.29, 0.717) is 12.1 Å². The summed E-state index contributed by atoms with van der Waals surface area (Å²) in [4.78, 5) is 11.7. The van der Waals surface area contributed by atoms with Gasteiger partial charge >= 0.3 is 0 Å². The Hall–Kier alpha value is -2.10. The van der Waals surface area contributed by atoms with Gasteiger partial charge in [-0.3, -0.25) is 9.48 Å². The molecule has 0 aliphatic carbocycles. The molecule has 2 aromatic rings. The summed E-state index contributed by atoms with van der Waals surface area (Å²) >= 11 is 0. The largest absolute Gasteiger partial charge is 0.352 e. The molecule has 0 saturated heterocycles. The lowest BCUT2D eigenvalue weighted by molar-refractivity contribution is 0.0953. The van der Waals surface area contributed by atoms with Crippen molar-refractivity contribution < 1.29 is 4.79 Å². The second kappa shape index (κ2) is 6.59. The highest BCUT2D eigenvalue weighted by atomic mass is 16.1. The minimum absolute atomic E-state index is 0.00492. The lowest BCUT2D eigenvalue weighted by Crippen LogP contribution is -2.24. The fourth-order valence-electron chi connectivity index (χ4n) is 1.73. The van der Waals surface area contributed by atoms with Crippen molar-refractivity contribution in [2.24, 2.45) is 0 Å². The van der Waals surface area contributed by atoms with E-state index in [0.717, 1.165) is 19.4 Å². The molecule has 1 amide bonds. The van der Waals surface area contributed by atoms with Gasteiger partial charge in [0.1, 0.15) is 0 Å². The van der Waals surface area contributed by atoms with Gasteiger partial charge in [-0.15, -0.1) is 0 Å². The molecule has 0 saturated carbocycles. The van der Waals surface area contributed by atoms with Crippen molar-refractivity contribution >= 4 is 5.91 Å². The number of nitrogens with zero attached hydrogens (tertiary/aromatic N) is 2. The number of aromatic nitrogens is 2. The highest BCUT2D eigenvalue weighted by molar-refractivity contribution is 5.94. The third kappa shape index (κ3) is 3.73. The molecule has 0 aliphatic rings. The Labute approximate surface area is 107 Å². The van der Waals surface area contributed by atoms with E-state index >= 15 is 0 Å². The molecule has 0 unspecified atom stereocenters. The highest BCUT2D eigenvalue weighted by Gasteiger charge is 2.02. The molecule has 1 N–H and O–H groups in total. The van der Waals surface area contributed by atoms with E-state index in [-0.39, 0.29) is 5.91 Å². The molecular weight excluding hydrogens is 226 g/mol. The molecule has 4 heteroatoms. The minimum atomic E-state index is -0.00492. The number of benzene rings is 1. The van der Waals surface area contributed by atoms with Crippen LogP contribution in [-0.2, 0) is 6.54 Å². The molecule has 1 aromatic heterocycles. The van der Waals surface area contributed by atoms with Crippen molar-refractivity contribution in [3.63, 3.8) is 0 Å². The van der Waals surface area contributed by atoms with Gasteiger partial charge in [-0.2, -0.15) is 5.10 Å². The first-order chi connectivity index (χ1) is 8.86. The number of rotatable bonds is 6. The molecule has 94 valence electrons. The minimum Gasteiger partial charge on any atom is -0.352 e. The van der Waals surface area contributed by atoms with Crippen LogP contribution in [0.25, 0.3) is 0 Å². The van der Waals surface area contributed by atoms with E-state index in [9.17, 15) is 4.79 Å².